The topological polar surface area (TPSA) is 67.4 Å². The van der Waals surface area contributed by atoms with E-state index in [0.717, 1.165) is 11.4 Å². The van der Waals surface area contributed by atoms with Crippen LogP contribution in [0.1, 0.15) is 5.56 Å². The van der Waals surface area contributed by atoms with E-state index in [4.69, 9.17) is 16.3 Å². The lowest BCUT2D eigenvalue weighted by atomic mass is 10.2. The van der Waals surface area contributed by atoms with Crippen LogP contribution in [-0.4, -0.2) is 16.0 Å². The van der Waals surface area contributed by atoms with E-state index >= 15 is 0 Å². The SMILES string of the molecule is O=C1Nc2ncnc(Cl)c2CN1c1ccc(Oc2ccccc2)cc1. The maximum Gasteiger partial charge on any atom is 0.327 e. The monoisotopic (exact) mass is 352 g/mol. The number of hydrogen-bond donors (Lipinski definition) is 1. The van der Waals surface area contributed by atoms with Crippen LogP contribution in [0.2, 0.25) is 5.15 Å². The molecule has 1 aromatic heterocycles. The molecule has 2 aromatic carbocycles. The standard InChI is InChI=1S/C18H13ClN4O2/c19-16-15-10-23(18(24)22-17(15)21-11-20-16)12-6-8-14(9-7-12)25-13-4-2-1-3-5-13/h1-9,11H,10H2,(H,20,21,22,24). The molecule has 0 radical (unpaired) electrons. The summed E-state index contributed by atoms with van der Waals surface area (Å²) in [5.41, 5.74) is 1.41. The summed E-state index contributed by atoms with van der Waals surface area (Å²) < 4.78 is 5.76. The molecule has 2 heterocycles. The number of hydrogen-bond acceptors (Lipinski definition) is 4. The van der Waals surface area contributed by atoms with E-state index in [0.29, 0.717) is 28.8 Å². The molecule has 0 saturated carbocycles. The number of rotatable bonds is 3. The lowest BCUT2D eigenvalue weighted by molar-refractivity contribution is 0.256. The van der Waals surface area contributed by atoms with E-state index in [1.165, 1.54) is 6.33 Å². The van der Waals surface area contributed by atoms with Crippen molar-refractivity contribution >= 4 is 29.1 Å². The summed E-state index contributed by atoms with van der Waals surface area (Å²) in [7, 11) is 0. The highest BCUT2D eigenvalue weighted by atomic mass is 35.5. The van der Waals surface area contributed by atoms with Crippen LogP contribution >= 0.6 is 11.6 Å². The summed E-state index contributed by atoms with van der Waals surface area (Å²) in [6, 6.07) is 16.5. The van der Waals surface area contributed by atoms with E-state index in [2.05, 4.69) is 15.3 Å². The Morgan fingerprint density at radius 1 is 1.00 bits per heavy atom. The minimum Gasteiger partial charge on any atom is -0.457 e. The third-order valence-corrected chi connectivity index (χ3v) is 4.13. The minimum atomic E-state index is -0.265. The van der Waals surface area contributed by atoms with Gasteiger partial charge < -0.3 is 4.74 Å². The molecule has 0 saturated heterocycles. The number of aromatic nitrogens is 2. The van der Waals surface area contributed by atoms with Gasteiger partial charge >= 0.3 is 6.03 Å². The van der Waals surface area contributed by atoms with Gasteiger partial charge in [-0.2, -0.15) is 0 Å². The maximum absolute atomic E-state index is 12.3. The number of nitrogens with one attached hydrogen (secondary N) is 1. The van der Waals surface area contributed by atoms with Gasteiger partial charge in [0.2, 0.25) is 0 Å². The highest BCUT2D eigenvalue weighted by Gasteiger charge is 2.27. The average molecular weight is 353 g/mol. The fourth-order valence-electron chi connectivity index (χ4n) is 2.56. The maximum atomic E-state index is 12.3. The fourth-order valence-corrected chi connectivity index (χ4v) is 2.76. The minimum absolute atomic E-state index is 0.265. The van der Waals surface area contributed by atoms with Crippen LogP contribution in [0.5, 0.6) is 11.5 Å². The number of para-hydroxylation sites is 1. The summed E-state index contributed by atoms with van der Waals surface area (Å²) in [6.45, 7) is 0.305. The molecule has 0 aliphatic carbocycles. The number of halogens is 1. The molecule has 0 spiro atoms. The Labute approximate surface area is 149 Å². The van der Waals surface area contributed by atoms with Crippen LogP contribution in [0, 0.1) is 0 Å². The number of nitrogens with zero attached hydrogens (tertiary/aromatic N) is 3. The molecule has 1 aliphatic heterocycles. The molecule has 0 bridgehead atoms. The highest BCUT2D eigenvalue weighted by molar-refractivity contribution is 6.30. The number of ether oxygens (including phenoxy) is 1. The highest BCUT2D eigenvalue weighted by Crippen LogP contribution is 2.31. The van der Waals surface area contributed by atoms with Gasteiger partial charge in [0, 0.05) is 5.69 Å². The van der Waals surface area contributed by atoms with E-state index in [-0.39, 0.29) is 6.03 Å². The van der Waals surface area contributed by atoms with Crippen molar-refractivity contribution in [1.29, 1.82) is 0 Å². The van der Waals surface area contributed by atoms with Gasteiger partial charge in [-0.05, 0) is 36.4 Å². The van der Waals surface area contributed by atoms with Crippen molar-refractivity contribution in [3.8, 4) is 11.5 Å². The third-order valence-electron chi connectivity index (χ3n) is 3.81. The quantitative estimate of drug-likeness (QED) is 0.706. The number of carbonyl (C=O) groups excluding carboxylic acids is 1. The van der Waals surface area contributed by atoms with Gasteiger partial charge in [-0.25, -0.2) is 14.8 Å². The summed E-state index contributed by atoms with van der Waals surface area (Å²) in [6.07, 6.45) is 1.33. The predicted octanol–water partition coefficient (Wildman–Crippen LogP) is 4.47. The number of amides is 2. The molecule has 0 unspecified atom stereocenters. The first kappa shape index (κ1) is 15.4. The summed E-state index contributed by atoms with van der Waals surface area (Å²) in [5.74, 6) is 1.89. The molecule has 1 aliphatic rings. The van der Waals surface area contributed by atoms with E-state index in [9.17, 15) is 4.79 Å². The van der Waals surface area contributed by atoms with Gasteiger partial charge in [0.05, 0.1) is 12.1 Å². The van der Waals surface area contributed by atoms with E-state index in [1.807, 2.05) is 54.6 Å². The molecule has 6 nitrogen and oxygen atoms in total. The Kier molecular flexibility index (Phi) is 3.95. The van der Waals surface area contributed by atoms with Crippen molar-refractivity contribution in [2.45, 2.75) is 6.54 Å². The summed E-state index contributed by atoms with van der Waals surface area (Å²) >= 11 is 6.11. The van der Waals surface area contributed by atoms with Gasteiger partial charge in [-0.3, -0.25) is 10.2 Å². The molecule has 0 fully saturated rings. The second kappa shape index (κ2) is 6.41. The smallest absolute Gasteiger partial charge is 0.327 e. The number of fused-ring (bicyclic) bond motifs is 1. The van der Waals surface area contributed by atoms with Crippen molar-refractivity contribution < 1.29 is 9.53 Å². The Balaban J connectivity index is 1.56. The van der Waals surface area contributed by atoms with Crippen molar-refractivity contribution in [2.24, 2.45) is 0 Å². The van der Waals surface area contributed by atoms with Crippen LogP contribution in [0.3, 0.4) is 0 Å². The molecular weight excluding hydrogens is 340 g/mol. The van der Waals surface area contributed by atoms with Crippen LogP contribution in [-0.2, 0) is 6.54 Å². The molecule has 1 N–H and O–H groups in total. The van der Waals surface area contributed by atoms with E-state index in [1.54, 1.807) is 4.90 Å². The number of carbonyl (C=O) groups is 1. The van der Waals surface area contributed by atoms with Gasteiger partial charge in [-0.1, -0.05) is 29.8 Å². The number of benzene rings is 2. The first-order valence-corrected chi connectivity index (χ1v) is 7.99. The average Bonchev–Trinajstić information content (AvgIpc) is 2.63. The molecule has 4 rings (SSSR count). The first-order chi connectivity index (χ1) is 12.2. The third kappa shape index (κ3) is 3.12. The first-order valence-electron chi connectivity index (χ1n) is 7.61. The van der Waals surface area contributed by atoms with Gasteiger partial charge in [0.15, 0.2) is 0 Å². The summed E-state index contributed by atoms with van der Waals surface area (Å²) in [4.78, 5) is 21.9. The number of anilines is 2. The lowest BCUT2D eigenvalue weighted by Crippen LogP contribution is -2.39. The zero-order valence-corrected chi connectivity index (χ0v) is 13.8. The second-order valence-electron chi connectivity index (χ2n) is 5.42. The zero-order valence-electron chi connectivity index (χ0n) is 13.0. The van der Waals surface area contributed by atoms with Crippen LogP contribution < -0.4 is 15.0 Å². The van der Waals surface area contributed by atoms with Crippen LogP contribution in [0.4, 0.5) is 16.3 Å². The van der Waals surface area contributed by atoms with Crippen molar-refractivity contribution in [1.82, 2.24) is 9.97 Å². The predicted molar refractivity (Wildman–Crippen MR) is 95.2 cm³/mol. The van der Waals surface area contributed by atoms with Crippen molar-refractivity contribution in [3.05, 3.63) is 71.6 Å². The fraction of sp³-hybridized carbons (Fsp3) is 0.0556. The van der Waals surface area contributed by atoms with Crippen molar-refractivity contribution in [2.75, 3.05) is 10.2 Å². The molecule has 3 aromatic rings. The molecule has 25 heavy (non-hydrogen) atoms. The number of urea groups is 1. The molecule has 0 atom stereocenters. The van der Waals surface area contributed by atoms with Crippen molar-refractivity contribution in [3.63, 3.8) is 0 Å². The van der Waals surface area contributed by atoms with Gasteiger partial charge in [0.25, 0.3) is 0 Å². The van der Waals surface area contributed by atoms with Crippen LogP contribution in [0.25, 0.3) is 0 Å². The normalized spacial score (nSPS) is 13.2. The van der Waals surface area contributed by atoms with Gasteiger partial charge in [-0.15, -0.1) is 0 Å². The Bertz CT molecular complexity index is 916. The second-order valence-corrected chi connectivity index (χ2v) is 5.77. The van der Waals surface area contributed by atoms with E-state index < -0.39 is 0 Å². The van der Waals surface area contributed by atoms with Crippen LogP contribution in [0.15, 0.2) is 60.9 Å². The summed E-state index contributed by atoms with van der Waals surface area (Å²) in [5, 5.41) is 3.06. The molecule has 124 valence electrons. The molecular formula is C18H13ClN4O2. The Morgan fingerprint density at radius 2 is 1.72 bits per heavy atom. The van der Waals surface area contributed by atoms with Gasteiger partial charge in [0.1, 0.15) is 28.8 Å². The largest absolute Gasteiger partial charge is 0.457 e. The Morgan fingerprint density at radius 3 is 2.48 bits per heavy atom. The molecule has 2 amide bonds. The Hall–Kier alpha value is -3.12. The molecule has 7 heteroatoms. The zero-order chi connectivity index (χ0) is 17.2. The lowest BCUT2D eigenvalue weighted by Gasteiger charge is -2.28.